The first-order chi connectivity index (χ1) is 6.14. The molecule has 0 saturated carbocycles. The Labute approximate surface area is 78.7 Å². The summed E-state index contributed by atoms with van der Waals surface area (Å²) in [5, 5.41) is 0. The second-order valence-electron chi connectivity index (χ2n) is 3.76. The molecule has 0 radical (unpaired) electrons. The van der Waals surface area contributed by atoms with Gasteiger partial charge in [0.2, 0.25) is 0 Å². The summed E-state index contributed by atoms with van der Waals surface area (Å²) in [4.78, 5) is 0. The van der Waals surface area contributed by atoms with Crippen molar-refractivity contribution in [1.29, 1.82) is 0 Å². The van der Waals surface area contributed by atoms with E-state index in [9.17, 15) is 8.78 Å². The van der Waals surface area contributed by atoms with Crippen LogP contribution in [0.2, 0.25) is 0 Å². The van der Waals surface area contributed by atoms with Crippen LogP contribution in [-0.2, 0) is 0 Å². The van der Waals surface area contributed by atoms with Crippen LogP contribution in [0.1, 0.15) is 45.4 Å². The van der Waals surface area contributed by atoms with Crippen LogP contribution >= 0.6 is 0 Å². The fourth-order valence-corrected chi connectivity index (χ4v) is 1.76. The first kappa shape index (κ1) is 10.5. The van der Waals surface area contributed by atoms with Crippen molar-refractivity contribution in [3.63, 3.8) is 0 Å². The number of alkyl halides is 2. The summed E-state index contributed by atoms with van der Waals surface area (Å²) in [6.07, 6.45) is 4.39. The molecule has 0 bridgehead atoms. The van der Waals surface area contributed by atoms with Crippen LogP contribution in [0.4, 0.5) is 8.78 Å². The molecule has 0 aromatic heterocycles. The van der Waals surface area contributed by atoms with Gasteiger partial charge in [-0.2, -0.15) is 8.78 Å². The topological polar surface area (TPSA) is 0 Å². The van der Waals surface area contributed by atoms with Gasteiger partial charge in [0, 0.05) is 12.8 Å². The Morgan fingerprint density at radius 2 is 2.23 bits per heavy atom. The second kappa shape index (κ2) is 4.60. The highest BCUT2D eigenvalue weighted by Gasteiger charge is 2.26. The molecule has 1 unspecified atom stereocenters. The van der Waals surface area contributed by atoms with Gasteiger partial charge in [-0.05, 0) is 31.1 Å². The summed E-state index contributed by atoms with van der Waals surface area (Å²) >= 11 is 0. The SMILES string of the molecule is CCCC1CC#CC(F)(F)CCC1. The van der Waals surface area contributed by atoms with Crippen LogP contribution in [0.15, 0.2) is 0 Å². The van der Waals surface area contributed by atoms with Gasteiger partial charge in [-0.1, -0.05) is 19.3 Å². The first-order valence-electron chi connectivity index (χ1n) is 5.02. The lowest BCUT2D eigenvalue weighted by Crippen LogP contribution is -2.15. The van der Waals surface area contributed by atoms with Gasteiger partial charge in [0.05, 0.1) is 0 Å². The van der Waals surface area contributed by atoms with Crippen LogP contribution in [-0.4, -0.2) is 5.92 Å². The molecule has 0 aliphatic heterocycles. The predicted molar refractivity (Wildman–Crippen MR) is 49.6 cm³/mol. The predicted octanol–water partition coefficient (Wildman–Crippen LogP) is 3.62. The van der Waals surface area contributed by atoms with E-state index in [1.807, 2.05) is 0 Å². The Bertz CT molecular complexity index is 210. The minimum atomic E-state index is -2.73. The Hall–Kier alpha value is -0.580. The smallest absolute Gasteiger partial charge is 0.192 e. The minimum absolute atomic E-state index is 0.0553. The van der Waals surface area contributed by atoms with E-state index in [0.717, 1.165) is 19.3 Å². The van der Waals surface area contributed by atoms with Crippen molar-refractivity contribution in [1.82, 2.24) is 0 Å². The van der Waals surface area contributed by atoms with E-state index < -0.39 is 5.92 Å². The van der Waals surface area contributed by atoms with Gasteiger partial charge in [-0.15, -0.1) is 0 Å². The molecule has 0 aromatic carbocycles. The zero-order valence-electron chi connectivity index (χ0n) is 8.08. The number of hydrogen-bond donors (Lipinski definition) is 0. The lowest BCUT2D eigenvalue weighted by Gasteiger charge is -2.17. The second-order valence-corrected chi connectivity index (χ2v) is 3.76. The molecule has 0 heterocycles. The lowest BCUT2D eigenvalue weighted by molar-refractivity contribution is 0.0510. The van der Waals surface area contributed by atoms with E-state index in [1.165, 1.54) is 0 Å². The molecular weight excluding hydrogens is 170 g/mol. The van der Waals surface area contributed by atoms with E-state index in [4.69, 9.17) is 0 Å². The van der Waals surface area contributed by atoms with Crippen molar-refractivity contribution in [3.8, 4) is 11.8 Å². The zero-order chi connectivity index (χ0) is 9.73. The van der Waals surface area contributed by atoms with Gasteiger partial charge >= 0.3 is 5.92 Å². The third-order valence-electron chi connectivity index (χ3n) is 2.46. The summed E-state index contributed by atoms with van der Waals surface area (Å²) in [6, 6.07) is 0. The Balaban J connectivity index is 2.50. The van der Waals surface area contributed by atoms with Gasteiger partial charge in [0.1, 0.15) is 0 Å². The first-order valence-corrected chi connectivity index (χ1v) is 5.02. The molecule has 0 N–H and O–H groups in total. The maximum atomic E-state index is 12.8. The van der Waals surface area contributed by atoms with Crippen molar-refractivity contribution in [2.75, 3.05) is 0 Å². The highest BCUT2D eigenvalue weighted by atomic mass is 19.3. The fourth-order valence-electron chi connectivity index (χ4n) is 1.76. The van der Waals surface area contributed by atoms with E-state index in [2.05, 4.69) is 18.8 Å². The van der Waals surface area contributed by atoms with Crippen LogP contribution in [0.3, 0.4) is 0 Å². The summed E-state index contributed by atoms with van der Waals surface area (Å²) in [5.41, 5.74) is 0. The Morgan fingerprint density at radius 1 is 1.46 bits per heavy atom. The summed E-state index contributed by atoms with van der Waals surface area (Å²) in [5.74, 6) is 2.50. The standard InChI is InChI=1S/C11H16F2/c1-2-5-10-6-3-8-11(12,13)9-4-7-10/h10H,2-3,5-8H2,1H3. The van der Waals surface area contributed by atoms with Gasteiger partial charge in [0.25, 0.3) is 0 Å². The zero-order valence-corrected chi connectivity index (χ0v) is 8.08. The molecule has 0 aromatic rings. The third-order valence-corrected chi connectivity index (χ3v) is 2.46. The molecule has 1 aliphatic carbocycles. The molecule has 0 saturated heterocycles. The van der Waals surface area contributed by atoms with Crippen molar-refractivity contribution >= 4 is 0 Å². The number of halogens is 2. The Morgan fingerprint density at radius 3 is 2.92 bits per heavy atom. The quantitative estimate of drug-likeness (QED) is 0.578. The molecule has 74 valence electrons. The molecule has 0 fully saturated rings. The average molecular weight is 186 g/mol. The molecule has 0 amide bonds. The molecule has 13 heavy (non-hydrogen) atoms. The van der Waals surface area contributed by atoms with Crippen molar-refractivity contribution in [2.24, 2.45) is 5.92 Å². The van der Waals surface area contributed by atoms with Crippen LogP contribution < -0.4 is 0 Å². The van der Waals surface area contributed by atoms with Crippen LogP contribution in [0, 0.1) is 17.8 Å². The molecule has 0 nitrogen and oxygen atoms in total. The summed E-state index contributed by atoms with van der Waals surface area (Å²) in [6.45, 7) is 2.13. The van der Waals surface area contributed by atoms with Gasteiger partial charge in [0.15, 0.2) is 0 Å². The van der Waals surface area contributed by atoms with E-state index in [1.54, 1.807) is 0 Å². The lowest BCUT2D eigenvalue weighted by atomic mass is 9.91. The largest absolute Gasteiger partial charge is 0.308 e. The molecule has 1 aliphatic rings. The van der Waals surface area contributed by atoms with E-state index in [-0.39, 0.29) is 6.42 Å². The number of rotatable bonds is 2. The molecule has 0 spiro atoms. The van der Waals surface area contributed by atoms with E-state index in [0.29, 0.717) is 18.8 Å². The van der Waals surface area contributed by atoms with Gasteiger partial charge in [-0.25, -0.2) is 0 Å². The van der Waals surface area contributed by atoms with Crippen molar-refractivity contribution in [2.45, 2.75) is 51.4 Å². The maximum absolute atomic E-state index is 12.8. The highest BCUT2D eigenvalue weighted by molar-refractivity contribution is 5.10. The summed E-state index contributed by atoms with van der Waals surface area (Å²) < 4.78 is 25.6. The van der Waals surface area contributed by atoms with Crippen molar-refractivity contribution < 1.29 is 8.78 Å². The Kier molecular flexibility index (Phi) is 3.71. The van der Waals surface area contributed by atoms with Crippen LogP contribution in [0.5, 0.6) is 0 Å². The average Bonchev–Trinajstić information content (AvgIpc) is 2.01. The maximum Gasteiger partial charge on any atom is 0.308 e. The molecular formula is C11H16F2. The van der Waals surface area contributed by atoms with Crippen LogP contribution in [0.25, 0.3) is 0 Å². The third kappa shape index (κ3) is 3.76. The van der Waals surface area contributed by atoms with Crippen molar-refractivity contribution in [3.05, 3.63) is 0 Å². The fraction of sp³-hybridized carbons (Fsp3) is 0.818. The molecule has 1 rings (SSSR count). The number of hydrogen-bond acceptors (Lipinski definition) is 0. The molecule has 1 atom stereocenters. The van der Waals surface area contributed by atoms with Gasteiger partial charge < -0.3 is 0 Å². The minimum Gasteiger partial charge on any atom is -0.192 e. The highest BCUT2D eigenvalue weighted by Crippen LogP contribution is 2.27. The molecule has 2 heteroatoms. The van der Waals surface area contributed by atoms with Gasteiger partial charge in [-0.3, -0.25) is 0 Å². The monoisotopic (exact) mass is 186 g/mol. The summed E-state index contributed by atoms with van der Waals surface area (Å²) in [7, 11) is 0. The normalized spacial score (nSPS) is 26.8. The van der Waals surface area contributed by atoms with E-state index >= 15 is 0 Å².